The number of aryl methyl sites for hydroxylation is 1. The summed E-state index contributed by atoms with van der Waals surface area (Å²) in [5, 5.41) is 2.87. The molecule has 2 aromatic rings. The highest BCUT2D eigenvalue weighted by Crippen LogP contribution is 2.19. The number of sulfonamides is 1. The summed E-state index contributed by atoms with van der Waals surface area (Å²) in [6.45, 7) is 3.80. The van der Waals surface area contributed by atoms with Gasteiger partial charge in [-0.05, 0) is 37.1 Å². The molecule has 2 aromatic carbocycles. The van der Waals surface area contributed by atoms with E-state index < -0.39 is 16.1 Å². The molecule has 26 heavy (non-hydrogen) atoms. The molecule has 0 aromatic heterocycles. The second-order valence-corrected chi connectivity index (χ2v) is 8.63. The van der Waals surface area contributed by atoms with E-state index in [9.17, 15) is 13.2 Å². The molecule has 0 aliphatic carbocycles. The minimum Gasteiger partial charge on any atom is -0.348 e. The van der Waals surface area contributed by atoms with Crippen LogP contribution in [0.15, 0.2) is 53.4 Å². The molecule has 0 spiro atoms. The summed E-state index contributed by atoms with van der Waals surface area (Å²) < 4.78 is 25.4. The number of carbonyl (C=O) groups is 1. The van der Waals surface area contributed by atoms with E-state index in [1.165, 1.54) is 26.2 Å². The van der Waals surface area contributed by atoms with Gasteiger partial charge in [-0.3, -0.25) is 4.79 Å². The Bertz CT molecular complexity index is 860. The Morgan fingerprint density at radius 1 is 1.00 bits per heavy atom. The molecule has 2 rings (SSSR count). The minimum atomic E-state index is -3.47. The normalized spacial score (nSPS) is 14.1. The van der Waals surface area contributed by atoms with E-state index in [4.69, 9.17) is 5.73 Å². The molecule has 0 saturated heterocycles. The number of benzene rings is 2. The maximum absolute atomic E-state index is 12.4. The third kappa shape index (κ3) is 4.49. The summed E-state index contributed by atoms with van der Waals surface area (Å²) in [6, 6.07) is 12.9. The van der Waals surface area contributed by atoms with E-state index in [0.29, 0.717) is 0 Å². The molecule has 0 heterocycles. The van der Waals surface area contributed by atoms with Gasteiger partial charge in [-0.15, -0.1) is 0 Å². The topological polar surface area (TPSA) is 92.5 Å². The molecule has 0 bridgehead atoms. The zero-order valence-corrected chi connectivity index (χ0v) is 16.2. The Hall–Kier alpha value is -2.22. The first-order valence-corrected chi connectivity index (χ1v) is 9.72. The smallest absolute Gasteiger partial charge is 0.242 e. The van der Waals surface area contributed by atoms with Gasteiger partial charge in [-0.1, -0.05) is 42.0 Å². The van der Waals surface area contributed by atoms with Gasteiger partial charge in [0.05, 0.1) is 10.9 Å². The summed E-state index contributed by atoms with van der Waals surface area (Å²) >= 11 is 0. The van der Waals surface area contributed by atoms with Crippen LogP contribution in [0.4, 0.5) is 0 Å². The van der Waals surface area contributed by atoms with Crippen LogP contribution in [0.5, 0.6) is 0 Å². The number of nitrogens with one attached hydrogen (secondary N) is 1. The number of rotatable bonds is 6. The van der Waals surface area contributed by atoms with E-state index in [1.54, 1.807) is 12.1 Å². The van der Waals surface area contributed by atoms with E-state index in [0.717, 1.165) is 21.0 Å². The number of amides is 1. The predicted octanol–water partition coefficient (Wildman–Crippen LogP) is 2.12. The maximum atomic E-state index is 12.4. The number of carbonyl (C=O) groups excluding carboxylic acids is 1. The van der Waals surface area contributed by atoms with Crippen LogP contribution < -0.4 is 11.1 Å². The Labute approximate surface area is 155 Å². The minimum absolute atomic E-state index is 0.209. The van der Waals surface area contributed by atoms with Crippen molar-refractivity contribution in [1.29, 1.82) is 0 Å². The van der Waals surface area contributed by atoms with Gasteiger partial charge < -0.3 is 11.1 Å². The zero-order valence-electron chi connectivity index (χ0n) is 15.4. The van der Waals surface area contributed by atoms with Crippen molar-refractivity contribution < 1.29 is 13.2 Å². The fourth-order valence-electron chi connectivity index (χ4n) is 2.45. The Kier molecular flexibility index (Phi) is 6.17. The summed E-state index contributed by atoms with van der Waals surface area (Å²) in [5.41, 5.74) is 8.67. The second kappa shape index (κ2) is 7.99. The number of hydrogen-bond donors (Lipinski definition) is 2. The van der Waals surface area contributed by atoms with Crippen molar-refractivity contribution in [3.05, 3.63) is 65.2 Å². The molecular weight excluding hydrogens is 350 g/mol. The van der Waals surface area contributed by atoms with Crippen LogP contribution in [0.3, 0.4) is 0 Å². The summed E-state index contributed by atoms with van der Waals surface area (Å²) in [5.74, 6) is -0.286. The quantitative estimate of drug-likeness (QED) is 0.809. The first kappa shape index (κ1) is 20.1. The molecule has 2 atom stereocenters. The second-order valence-electron chi connectivity index (χ2n) is 6.48. The molecule has 2 unspecified atom stereocenters. The van der Waals surface area contributed by atoms with Crippen LogP contribution in [0.1, 0.15) is 35.7 Å². The third-order valence-corrected chi connectivity index (χ3v) is 6.07. The highest BCUT2D eigenvalue weighted by Gasteiger charge is 2.20. The Morgan fingerprint density at radius 2 is 1.50 bits per heavy atom. The lowest BCUT2D eigenvalue weighted by molar-refractivity contribution is -0.123. The van der Waals surface area contributed by atoms with E-state index in [2.05, 4.69) is 5.32 Å². The largest absolute Gasteiger partial charge is 0.348 e. The Morgan fingerprint density at radius 3 is 2.00 bits per heavy atom. The van der Waals surface area contributed by atoms with Crippen molar-refractivity contribution in [1.82, 2.24) is 9.62 Å². The lowest BCUT2D eigenvalue weighted by Crippen LogP contribution is -2.35. The zero-order chi connectivity index (χ0) is 19.5. The summed E-state index contributed by atoms with van der Waals surface area (Å²) in [4.78, 5) is 12.6. The number of hydrogen-bond acceptors (Lipinski definition) is 4. The van der Waals surface area contributed by atoms with Crippen molar-refractivity contribution in [3.63, 3.8) is 0 Å². The van der Waals surface area contributed by atoms with Crippen molar-refractivity contribution in [2.24, 2.45) is 5.73 Å². The molecule has 0 aliphatic heterocycles. The first-order valence-electron chi connectivity index (χ1n) is 8.28. The van der Waals surface area contributed by atoms with Crippen LogP contribution in [-0.2, 0) is 14.8 Å². The predicted molar refractivity (Wildman–Crippen MR) is 102 cm³/mol. The van der Waals surface area contributed by atoms with Gasteiger partial charge >= 0.3 is 0 Å². The molecule has 0 fully saturated rings. The van der Waals surface area contributed by atoms with Gasteiger partial charge in [0, 0.05) is 14.1 Å². The van der Waals surface area contributed by atoms with Gasteiger partial charge in [0.15, 0.2) is 0 Å². The highest BCUT2D eigenvalue weighted by molar-refractivity contribution is 7.89. The van der Waals surface area contributed by atoms with Crippen molar-refractivity contribution in [3.8, 4) is 0 Å². The first-order chi connectivity index (χ1) is 12.1. The number of nitrogens with two attached hydrogens (primary N) is 1. The van der Waals surface area contributed by atoms with Crippen molar-refractivity contribution in [2.45, 2.75) is 30.8 Å². The van der Waals surface area contributed by atoms with Gasteiger partial charge in [0.25, 0.3) is 0 Å². The van der Waals surface area contributed by atoms with Crippen molar-refractivity contribution >= 4 is 15.9 Å². The molecular formula is C19H25N3O3S. The van der Waals surface area contributed by atoms with Crippen molar-refractivity contribution in [2.75, 3.05) is 14.1 Å². The van der Waals surface area contributed by atoms with Gasteiger partial charge in [-0.25, -0.2) is 12.7 Å². The average molecular weight is 375 g/mol. The van der Waals surface area contributed by atoms with Crippen LogP contribution in [0.25, 0.3) is 0 Å². The molecule has 7 heteroatoms. The monoisotopic (exact) mass is 375 g/mol. The molecule has 140 valence electrons. The van der Waals surface area contributed by atoms with E-state index >= 15 is 0 Å². The standard InChI is InChI=1S/C19H25N3O3S/c1-13-5-7-16(8-6-13)18(20)19(23)21-14(2)15-9-11-17(12-10-15)26(24,25)22(3)4/h5-12,14,18H,20H2,1-4H3,(H,21,23). The molecule has 0 aliphatic rings. The molecule has 0 radical (unpaired) electrons. The highest BCUT2D eigenvalue weighted by atomic mass is 32.2. The van der Waals surface area contributed by atoms with E-state index in [-0.39, 0.29) is 16.8 Å². The molecule has 3 N–H and O–H groups in total. The van der Waals surface area contributed by atoms with Crippen LogP contribution in [0, 0.1) is 6.92 Å². The SMILES string of the molecule is Cc1ccc(C(N)C(=O)NC(C)c2ccc(S(=O)(=O)N(C)C)cc2)cc1. The Balaban J connectivity index is 2.08. The fraction of sp³-hybridized carbons (Fsp3) is 0.316. The third-order valence-electron chi connectivity index (χ3n) is 4.24. The molecule has 0 saturated carbocycles. The lowest BCUT2D eigenvalue weighted by Gasteiger charge is -2.19. The maximum Gasteiger partial charge on any atom is 0.242 e. The van der Waals surface area contributed by atoms with Crippen LogP contribution in [-0.4, -0.2) is 32.7 Å². The van der Waals surface area contributed by atoms with Gasteiger partial charge in [0.2, 0.25) is 15.9 Å². The fourth-order valence-corrected chi connectivity index (χ4v) is 3.35. The molecule has 6 nitrogen and oxygen atoms in total. The molecule has 1 amide bonds. The van der Waals surface area contributed by atoms with Gasteiger partial charge in [0.1, 0.15) is 6.04 Å². The summed E-state index contributed by atoms with van der Waals surface area (Å²) in [6.07, 6.45) is 0. The number of nitrogens with zero attached hydrogens (tertiary/aromatic N) is 1. The van der Waals surface area contributed by atoms with Gasteiger partial charge in [-0.2, -0.15) is 0 Å². The van der Waals surface area contributed by atoms with Crippen LogP contribution in [0.2, 0.25) is 0 Å². The summed E-state index contributed by atoms with van der Waals surface area (Å²) in [7, 11) is -0.500. The van der Waals surface area contributed by atoms with E-state index in [1.807, 2.05) is 38.1 Å². The average Bonchev–Trinajstić information content (AvgIpc) is 2.61. The van der Waals surface area contributed by atoms with Crippen LogP contribution >= 0.6 is 0 Å². The lowest BCUT2D eigenvalue weighted by atomic mass is 10.0.